The van der Waals surface area contributed by atoms with Crippen LogP contribution < -0.4 is 0 Å². The minimum absolute atomic E-state index is 0.122. The van der Waals surface area contributed by atoms with E-state index in [1.807, 2.05) is 0 Å². The fourth-order valence-electron chi connectivity index (χ4n) is 1.44. The lowest BCUT2D eigenvalue weighted by Crippen LogP contribution is -2.01. The average molecular weight is 194 g/mol. The van der Waals surface area contributed by atoms with Crippen LogP contribution in [0.2, 0.25) is 0 Å². The summed E-state index contributed by atoms with van der Waals surface area (Å²) in [6.07, 6.45) is 2.33. The lowest BCUT2D eigenvalue weighted by molar-refractivity contribution is 0.278. The molecule has 0 aliphatic carbocycles. The zero-order valence-electron chi connectivity index (χ0n) is 7.65. The number of aryl methyl sites for hydroxylation is 1. The van der Waals surface area contributed by atoms with E-state index in [4.69, 9.17) is 5.11 Å². The van der Waals surface area contributed by atoms with Crippen LogP contribution in [0.15, 0.2) is 24.4 Å². The highest BCUT2D eigenvalue weighted by Gasteiger charge is 2.02. The van der Waals surface area contributed by atoms with Gasteiger partial charge in [-0.25, -0.2) is 4.39 Å². The van der Waals surface area contributed by atoms with Crippen LogP contribution in [0.4, 0.5) is 4.39 Å². The van der Waals surface area contributed by atoms with E-state index in [-0.39, 0.29) is 12.4 Å². The number of aliphatic hydroxyl groups is 1. The van der Waals surface area contributed by atoms with Crippen LogP contribution in [0.5, 0.6) is 0 Å². The largest absolute Gasteiger partial charge is 0.396 e. The van der Waals surface area contributed by atoms with Gasteiger partial charge in [0.1, 0.15) is 5.82 Å². The molecule has 2 aromatic rings. The molecular formula is C10H11FN2O. The number of rotatable bonds is 3. The van der Waals surface area contributed by atoms with Crippen LogP contribution in [-0.4, -0.2) is 21.5 Å². The second-order valence-corrected chi connectivity index (χ2v) is 3.15. The van der Waals surface area contributed by atoms with Crippen molar-refractivity contribution in [2.24, 2.45) is 0 Å². The quantitative estimate of drug-likeness (QED) is 0.805. The normalized spacial score (nSPS) is 11.0. The van der Waals surface area contributed by atoms with Gasteiger partial charge < -0.3 is 5.11 Å². The highest BCUT2D eigenvalue weighted by atomic mass is 19.1. The zero-order chi connectivity index (χ0) is 9.97. The molecule has 3 nitrogen and oxygen atoms in total. The molecule has 1 N–H and O–H groups in total. The number of nitrogens with zero attached hydrogens (tertiary/aromatic N) is 2. The Morgan fingerprint density at radius 1 is 1.43 bits per heavy atom. The maximum absolute atomic E-state index is 12.9. The van der Waals surface area contributed by atoms with Crippen molar-refractivity contribution in [2.45, 2.75) is 13.0 Å². The molecule has 14 heavy (non-hydrogen) atoms. The second kappa shape index (κ2) is 3.75. The van der Waals surface area contributed by atoms with E-state index in [1.54, 1.807) is 16.9 Å². The Morgan fingerprint density at radius 2 is 2.29 bits per heavy atom. The van der Waals surface area contributed by atoms with Gasteiger partial charge >= 0.3 is 0 Å². The summed E-state index contributed by atoms with van der Waals surface area (Å²) < 4.78 is 14.6. The van der Waals surface area contributed by atoms with Gasteiger partial charge in [-0.2, -0.15) is 5.10 Å². The number of hydrogen-bond acceptors (Lipinski definition) is 2. The smallest absolute Gasteiger partial charge is 0.125 e. The molecule has 0 radical (unpaired) electrons. The third kappa shape index (κ3) is 1.61. The summed E-state index contributed by atoms with van der Waals surface area (Å²) >= 11 is 0. The Labute approximate surface area is 80.8 Å². The number of benzene rings is 1. The molecule has 1 aromatic heterocycles. The Morgan fingerprint density at radius 3 is 3.07 bits per heavy atom. The van der Waals surface area contributed by atoms with Crippen LogP contribution >= 0.6 is 0 Å². The monoisotopic (exact) mass is 194 g/mol. The molecule has 0 atom stereocenters. The van der Waals surface area contributed by atoms with E-state index < -0.39 is 0 Å². The molecule has 1 aromatic carbocycles. The van der Waals surface area contributed by atoms with Gasteiger partial charge in [0.05, 0.1) is 11.7 Å². The minimum Gasteiger partial charge on any atom is -0.396 e. The number of hydrogen-bond donors (Lipinski definition) is 1. The van der Waals surface area contributed by atoms with Crippen LogP contribution in [0.3, 0.4) is 0 Å². The predicted octanol–water partition coefficient (Wildman–Crippen LogP) is 1.56. The lowest BCUT2D eigenvalue weighted by atomic mass is 10.2. The van der Waals surface area contributed by atoms with Gasteiger partial charge in [0.2, 0.25) is 0 Å². The summed E-state index contributed by atoms with van der Waals surface area (Å²) in [7, 11) is 0. The van der Waals surface area contributed by atoms with Crippen molar-refractivity contribution < 1.29 is 9.50 Å². The van der Waals surface area contributed by atoms with Gasteiger partial charge in [0.15, 0.2) is 0 Å². The van der Waals surface area contributed by atoms with Gasteiger partial charge in [-0.3, -0.25) is 4.68 Å². The fourth-order valence-corrected chi connectivity index (χ4v) is 1.44. The molecule has 1 heterocycles. The Hall–Kier alpha value is -1.42. The molecule has 0 aliphatic heterocycles. The van der Waals surface area contributed by atoms with E-state index >= 15 is 0 Å². The molecule has 0 saturated heterocycles. The van der Waals surface area contributed by atoms with Gasteiger partial charge in [0.25, 0.3) is 0 Å². The van der Waals surface area contributed by atoms with Crippen LogP contribution in [0, 0.1) is 5.82 Å². The molecule has 0 spiro atoms. The van der Waals surface area contributed by atoms with E-state index in [2.05, 4.69) is 5.10 Å². The van der Waals surface area contributed by atoms with Crippen molar-refractivity contribution >= 4 is 10.9 Å². The molecule has 4 heteroatoms. The van der Waals surface area contributed by atoms with Crippen molar-refractivity contribution in [3.8, 4) is 0 Å². The third-order valence-electron chi connectivity index (χ3n) is 2.13. The van der Waals surface area contributed by atoms with Crippen LogP contribution in [0.1, 0.15) is 6.42 Å². The molecule has 0 amide bonds. The van der Waals surface area contributed by atoms with Crippen molar-refractivity contribution in [2.75, 3.05) is 6.61 Å². The molecule has 0 aliphatic rings. The molecule has 74 valence electrons. The van der Waals surface area contributed by atoms with Gasteiger partial charge in [-0.05, 0) is 24.6 Å². The zero-order valence-corrected chi connectivity index (χ0v) is 7.65. The fraction of sp³-hybridized carbons (Fsp3) is 0.300. The number of fused-ring (bicyclic) bond motifs is 1. The van der Waals surface area contributed by atoms with Crippen LogP contribution in [-0.2, 0) is 6.54 Å². The van der Waals surface area contributed by atoms with E-state index in [0.717, 1.165) is 10.9 Å². The number of aliphatic hydroxyl groups excluding tert-OH is 1. The van der Waals surface area contributed by atoms with Gasteiger partial charge in [-0.1, -0.05) is 0 Å². The van der Waals surface area contributed by atoms with Crippen molar-refractivity contribution in [3.05, 3.63) is 30.2 Å². The van der Waals surface area contributed by atoms with Crippen molar-refractivity contribution in [1.82, 2.24) is 9.78 Å². The summed E-state index contributed by atoms with van der Waals surface area (Å²) in [6, 6.07) is 4.58. The van der Waals surface area contributed by atoms with Crippen molar-refractivity contribution in [1.29, 1.82) is 0 Å². The maximum atomic E-state index is 12.9. The molecule has 2 rings (SSSR count). The van der Waals surface area contributed by atoms with E-state index in [0.29, 0.717) is 13.0 Å². The third-order valence-corrected chi connectivity index (χ3v) is 2.13. The maximum Gasteiger partial charge on any atom is 0.125 e. The minimum atomic E-state index is -0.261. The standard InChI is InChI=1S/C10H11FN2O/c11-9-3-2-8-7-12-13(4-1-5-14)10(8)6-9/h2-3,6-7,14H,1,4-5H2. The average Bonchev–Trinajstić information content (AvgIpc) is 2.57. The summed E-state index contributed by atoms with van der Waals surface area (Å²) in [5, 5.41) is 13.7. The second-order valence-electron chi connectivity index (χ2n) is 3.15. The molecule has 0 fully saturated rings. The Balaban J connectivity index is 2.40. The molecule has 0 saturated carbocycles. The summed E-state index contributed by atoms with van der Waals surface area (Å²) in [4.78, 5) is 0. The highest BCUT2D eigenvalue weighted by Crippen LogP contribution is 2.15. The first-order chi connectivity index (χ1) is 6.81. The van der Waals surface area contributed by atoms with E-state index in [9.17, 15) is 4.39 Å². The van der Waals surface area contributed by atoms with Crippen LogP contribution in [0.25, 0.3) is 10.9 Å². The Bertz CT molecular complexity index is 439. The first-order valence-corrected chi connectivity index (χ1v) is 4.53. The summed E-state index contributed by atoms with van der Waals surface area (Å²) in [5.41, 5.74) is 0.776. The van der Waals surface area contributed by atoms with Crippen molar-refractivity contribution in [3.63, 3.8) is 0 Å². The number of halogens is 1. The summed E-state index contributed by atoms with van der Waals surface area (Å²) in [5.74, 6) is -0.261. The predicted molar refractivity (Wildman–Crippen MR) is 51.4 cm³/mol. The first-order valence-electron chi connectivity index (χ1n) is 4.53. The Kier molecular flexibility index (Phi) is 2.45. The molecular weight excluding hydrogens is 183 g/mol. The lowest BCUT2D eigenvalue weighted by Gasteiger charge is -2.01. The topological polar surface area (TPSA) is 38.0 Å². The SMILES string of the molecule is OCCCn1ncc2ccc(F)cc21. The first kappa shape index (κ1) is 9.15. The van der Waals surface area contributed by atoms with Gasteiger partial charge in [-0.15, -0.1) is 0 Å². The molecule has 0 unspecified atom stereocenters. The highest BCUT2D eigenvalue weighted by molar-refractivity contribution is 5.78. The van der Waals surface area contributed by atoms with E-state index in [1.165, 1.54) is 12.1 Å². The number of aromatic nitrogens is 2. The van der Waals surface area contributed by atoms with Gasteiger partial charge in [0, 0.05) is 18.5 Å². The summed E-state index contributed by atoms with van der Waals surface area (Å²) in [6.45, 7) is 0.736. The molecule has 0 bridgehead atoms.